The van der Waals surface area contributed by atoms with Gasteiger partial charge in [0.15, 0.2) is 5.88 Å². The fourth-order valence-corrected chi connectivity index (χ4v) is 5.46. The number of benzene rings is 2. The summed E-state index contributed by atoms with van der Waals surface area (Å²) in [6.45, 7) is 2.79. The van der Waals surface area contributed by atoms with E-state index in [9.17, 15) is 31.5 Å². The third-order valence-electron chi connectivity index (χ3n) is 6.96. The van der Waals surface area contributed by atoms with Gasteiger partial charge in [0, 0.05) is 78.1 Å². The van der Waals surface area contributed by atoms with Gasteiger partial charge in [0.25, 0.3) is 0 Å². The maximum atomic E-state index is 13.6. The molecule has 4 aromatic rings. The third-order valence-corrected chi connectivity index (χ3v) is 7.83. The standard InChI is InChI=1S/C27H26F3N5O4S/c1-17-14-33(9-10-35(17)24(36)16-34-15-18-5-3-4-6-21(18)25(34)37)23-8-7-20(27(28,29)30)11-22(23)19-12-31-26(32-13-19)40(2,38)39/h3-8,11-13,15,17,37H,9-10,14,16H2,1-2H3. The number of carbonyl (C=O) groups excluding carboxylic acids is 1. The first kappa shape index (κ1) is 27.4. The van der Waals surface area contributed by atoms with Crippen molar-refractivity contribution in [3.8, 4) is 17.0 Å². The second-order valence-electron chi connectivity index (χ2n) is 9.81. The van der Waals surface area contributed by atoms with Gasteiger partial charge in [-0.2, -0.15) is 13.2 Å². The Morgan fingerprint density at radius 2 is 1.80 bits per heavy atom. The van der Waals surface area contributed by atoms with Gasteiger partial charge >= 0.3 is 6.18 Å². The average molecular weight is 574 g/mol. The van der Waals surface area contributed by atoms with E-state index in [1.165, 1.54) is 23.0 Å². The van der Waals surface area contributed by atoms with Crippen LogP contribution in [0.5, 0.6) is 5.88 Å². The van der Waals surface area contributed by atoms with E-state index in [1.54, 1.807) is 23.2 Å². The smallest absolute Gasteiger partial charge is 0.416 e. The van der Waals surface area contributed by atoms with Crippen LogP contribution in [0.4, 0.5) is 18.9 Å². The number of hydrogen-bond acceptors (Lipinski definition) is 7. The second-order valence-corrected chi connectivity index (χ2v) is 11.7. The van der Waals surface area contributed by atoms with Crippen LogP contribution in [0.2, 0.25) is 0 Å². The Balaban J connectivity index is 1.39. The molecule has 1 saturated heterocycles. The van der Waals surface area contributed by atoms with E-state index >= 15 is 0 Å². The first-order valence-corrected chi connectivity index (χ1v) is 14.3. The summed E-state index contributed by atoms with van der Waals surface area (Å²) >= 11 is 0. The highest BCUT2D eigenvalue weighted by Gasteiger charge is 2.33. The van der Waals surface area contributed by atoms with Crippen LogP contribution in [0.25, 0.3) is 21.9 Å². The molecular weight excluding hydrogens is 547 g/mol. The number of rotatable bonds is 5. The fraction of sp³-hybridized carbons (Fsp3) is 0.296. The van der Waals surface area contributed by atoms with Gasteiger partial charge in [0.1, 0.15) is 6.54 Å². The van der Waals surface area contributed by atoms with Gasteiger partial charge in [0.05, 0.1) is 5.56 Å². The summed E-state index contributed by atoms with van der Waals surface area (Å²) in [5.74, 6) is -0.186. The molecule has 0 bridgehead atoms. The van der Waals surface area contributed by atoms with Crippen molar-refractivity contribution in [3.63, 3.8) is 0 Å². The molecule has 1 unspecified atom stereocenters. The molecule has 1 aliphatic rings. The molecule has 13 heteroatoms. The summed E-state index contributed by atoms with van der Waals surface area (Å²) in [5.41, 5.74) is 0.0526. The van der Waals surface area contributed by atoms with E-state index < -0.39 is 26.7 Å². The summed E-state index contributed by atoms with van der Waals surface area (Å²) in [6.07, 6.45) is 0.460. The highest BCUT2D eigenvalue weighted by molar-refractivity contribution is 7.90. The molecule has 3 heterocycles. The van der Waals surface area contributed by atoms with Gasteiger partial charge in [-0.3, -0.25) is 4.79 Å². The van der Waals surface area contributed by atoms with Gasteiger partial charge in [-0.15, -0.1) is 0 Å². The number of hydrogen-bond donors (Lipinski definition) is 1. The number of anilines is 1. The number of halogens is 3. The van der Waals surface area contributed by atoms with E-state index in [0.29, 0.717) is 30.7 Å². The van der Waals surface area contributed by atoms with Crippen molar-refractivity contribution in [2.45, 2.75) is 30.8 Å². The quantitative estimate of drug-likeness (QED) is 0.360. The second kappa shape index (κ2) is 10.1. The van der Waals surface area contributed by atoms with Gasteiger partial charge in [-0.1, -0.05) is 18.2 Å². The van der Waals surface area contributed by atoms with E-state index in [2.05, 4.69) is 9.97 Å². The molecule has 0 saturated carbocycles. The zero-order valence-electron chi connectivity index (χ0n) is 21.6. The maximum absolute atomic E-state index is 13.6. The largest absolute Gasteiger partial charge is 0.494 e. The summed E-state index contributed by atoms with van der Waals surface area (Å²) in [7, 11) is -3.69. The summed E-state index contributed by atoms with van der Waals surface area (Å²) in [4.78, 5) is 24.5. The lowest BCUT2D eigenvalue weighted by Crippen LogP contribution is -2.54. The van der Waals surface area contributed by atoms with Crippen molar-refractivity contribution >= 4 is 32.2 Å². The minimum atomic E-state index is -4.59. The number of carbonyl (C=O) groups is 1. The van der Waals surface area contributed by atoms with Crippen molar-refractivity contribution in [2.24, 2.45) is 0 Å². The van der Waals surface area contributed by atoms with Crippen molar-refractivity contribution < 1.29 is 31.5 Å². The molecule has 1 aliphatic heterocycles. The first-order valence-electron chi connectivity index (χ1n) is 12.4. The van der Waals surface area contributed by atoms with Crippen LogP contribution in [-0.2, 0) is 27.4 Å². The molecule has 1 fully saturated rings. The monoisotopic (exact) mass is 573 g/mol. The molecule has 210 valence electrons. The number of nitrogens with zero attached hydrogens (tertiary/aromatic N) is 5. The van der Waals surface area contributed by atoms with Crippen LogP contribution >= 0.6 is 0 Å². The van der Waals surface area contributed by atoms with Gasteiger partial charge < -0.3 is 19.5 Å². The number of fused-ring (bicyclic) bond motifs is 1. The Labute approximate surface area is 228 Å². The molecule has 0 radical (unpaired) electrons. The molecule has 1 atom stereocenters. The Morgan fingerprint density at radius 1 is 1.10 bits per heavy atom. The number of alkyl halides is 3. The first-order chi connectivity index (χ1) is 18.8. The Kier molecular flexibility index (Phi) is 6.94. The Hall–Kier alpha value is -4.13. The average Bonchev–Trinajstić information content (AvgIpc) is 3.22. The lowest BCUT2D eigenvalue weighted by molar-refractivity contribution is -0.137. The van der Waals surface area contributed by atoms with E-state index in [-0.39, 0.29) is 35.5 Å². The molecule has 40 heavy (non-hydrogen) atoms. The van der Waals surface area contributed by atoms with E-state index in [0.717, 1.165) is 23.8 Å². The molecule has 2 aromatic carbocycles. The highest BCUT2D eigenvalue weighted by atomic mass is 32.2. The zero-order chi connectivity index (χ0) is 28.8. The number of sulfone groups is 1. The zero-order valence-corrected chi connectivity index (χ0v) is 22.4. The lowest BCUT2D eigenvalue weighted by Gasteiger charge is -2.41. The summed E-state index contributed by atoms with van der Waals surface area (Å²) in [5, 5.41) is 11.6. The Morgan fingerprint density at radius 3 is 2.42 bits per heavy atom. The molecular formula is C27H26F3N5O4S. The van der Waals surface area contributed by atoms with E-state index in [4.69, 9.17) is 0 Å². The number of aromatic hydroxyl groups is 1. The maximum Gasteiger partial charge on any atom is 0.416 e. The number of aromatic nitrogens is 3. The Bertz CT molecular complexity index is 1690. The molecule has 0 aliphatic carbocycles. The SMILES string of the molecule is CC1CN(c2ccc(C(F)(F)F)cc2-c2cnc(S(C)(=O)=O)nc2)CCN1C(=O)Cn1cc2ccccc2c1O. The topological polar surface area (TPSA) is 109 Å². The molecule has 1 N–H and O–H groups in total. The molecule has 0 spiro atoms. The van der Waals surface area contributed by atoms with Crippen molar-refractivity contribution in [1.29, 1.82) is 0 Å². The summed E-state index contributed by atoms with van der Waals surface area (Å²) < 4.78 is 65.7. The number of amides is 1. The van der Waals surface area contributed by atoms with Gasteiger partial charge in [0.2, 0.25) is 20.9 Å². The lowest BCUT2D eigenvalue weighted by atomic mass is 10.0. The van der Waals surface area contributed by atoms with Crippen LogP contribution in [0.15, 0.2) is 66.2 Å². The van der Waals surface area contributed by atoms with Crippen molar-refractivity contribution in [3.05, 3.63) is 66.6 Å². The number of piperazine rings is 1. The highest BCUT2D eigenvalue weighted by Crippen LogP contribution is 2.38. The van der Waals surface area contributed by atoms with Crippen molar-refractivity contribution in [2.75, 3.05) is 30.8 Å². The molecule has 5 rings (SSSR count). The fourth-order valence-electron chi connectivity index (χ4n) is 4.97. The molecule has 1 amide bonds. The minimum absolute atomic E-state index is 0.00810. The van der Waals surface area contributed by atoms with Crippen LogP contribution in [-0.4, -0.2) is 70.8 Å². The van der Waals surface area contributed by atoms with Crippen LogP contribution in [0, 0.1) is 0 Å². The van der Waals surface area contributed by atoms with Crippen LogP contribution in [0.3, 0.4) is 0 Å². The third kappa shape index (κ3) is 5.33. The van der Waals surface area contributed by atoms with Gasteiger partial charge in [-0.05, 0) is 31.2 Å². The predicted octanol–water partition coefficient (Wildman–Crippen LogP) is 3.96. The van der Waals surface area contributed by atoms with Gasteiger partial charge in [-0.25, -0.2) is 18.4 Å². The minimum Gasteiger partial charge on any atom is -0.494 e. The molecule has 2 aromatic heterocycles. The van der Waals surface area contributed by atoms with E-state index in [1.807, 2.05) is 24.0 Å². The predicted molar refractivity (Wildman–Crippen MR) is 143 cm³/mol. The normalized spacial score (nSPS) is 16.5. The molecule has 9 nitrogen and oxygen atoms in total. The van der Waals surface area contributed by atoms with Crippen molar-refractivity contribution in [1.82, 2.24) is 19.4 Å². The van der Waals surface area contributed by atoms with Crippen LogP contribution < -0.4 is 4.90 Å². The summed E-state index contributed by atoms with van der Waals surface area (Å²) in [6, 6.07) is 10.3. The van der Waals surface area contributed by atoms with Crippen LogP contribution in [0.1, 0.15) is 12.5 Å².